The molecule has 0 spiro atoms. The van der Waals surface area contributed by atoms with Gasteiger partial charge < -0.3 is 16.4 Å². The van der Waals surface area contributed by atoms with E-state index in [2.05, 4.69) is 31.4 Å². The Kier molecular flexibility index (Phi) is 6.36. The third kappa shape index (κ3) is 6.45. The SMILES string of the molecule is CCCCCC(C)(C)CNC(=O)Nc1cccc(N)c1. The van der Waals surface area contributed by atoms with Gasteiger partial charge in [0.1, 0.15) is 0 Å². The molecule has 0 heterocycles. The second-order valence-corrected chi connectivity index (χ2v) is 6.05. The summed E-state index contributed by atoms with van der Waals surface area (Å²) in [5.74, 6) is 0. The van der Waals surface area contributed by atoms with E-state index >= 15 is 0 Å². The van der Waals surface area contributed by atoms with E-state index in [-0.39, 0.29) is 11.4 Å². The van der Waals surface area contributed by atoms with E-state index in [1.54, 1.807) is 12.1 Å². The maximum absolute atomic E-state index is 11.8. The van der Waals surface area contributed by atoms with E-state index in [0.29, 0.717) is 17.9 Å². The van der Waals surface area contributed by atoms with Gasteiger partial charge in [0.2, 0.25) is 0 Å². The van der Waals surface area contributed by atoms with Crippen LogP contribution in [0.3, 0.4) is 0 Å². The van der Waals surface area contributed by atoms with E-state index in [1.165, 1.54) is 19.3 Å². The number of unbranched alkanes of at least 4 members (excludes halogenated alkanes) is 2. The largest absolute Gasteiger partial charge is 0.399 e. The summed E-state index contributed by atoms with van der Waals surface area (Å²) in [6.45, 7) is 7.24. The second-order valence-electron chi connectivity index (χ2n) is 6.05. The van der Waals surface area contributed by atoms with E-state index in [9.17, 15) is 4.79 Å². The maximum Gasteiger partial charge on any atom is 0.319 e. The molecule has 1 rings (SSSR count). The number of hydrogen-bond acceptors (Lipinski definition) is 2. The van der Waals surface area contributed by atoms with Gasteiger partial charge in [-0.15, -0.1) is 0 Å². The third-order valence-electron chi connectivity index (χ3n) is 3.33. The number of nitrogen functional groups attached to an aromatic ring is 1. The minimum absolute atomic E-state index is 0.127. The van der Waals surface area contributed by atoms with E-state index in [4.69, 9.17) is 5.73 Å². The molecule has 4 nitrogen and oxygen atoms in total. The van der Waals surface area contributed by atoms with Crippen molar-refractivity contribution in [2.75, 3.05) is 17.6 Å². The topological polar surface area (TPSA) is 67.2 Å². The molecule has 4 heteroatoms. The van der Waals surface area contributed by atoms with E-state index < -0.39 is 0 Å². The lowest BCUT2D eigenvalue weighted by molar-refractivity contribution is 0.241. The van der Waals surface area contributed by atoms with Gasteiger partial charge in [-0.1, -0.05) is 46.1 Å². The van der Waals surface area contributed by atoms with Crippen LogP contribution in [0.2, 0.25) is 0 Å². The molecule has 20 heavy (non-hydrogen) atoms. The quantitative estimate of drug-likeness (QED) is 0.521. The summed E-state index contributed by atoms with van der Waals surface area (Å²) < 4.78 is 0. The van der Waals surface area contributed by atoms with Crippen LogP contribution in [0, 0.1) is 5.41 Å². The Morgan fingerprint density at radius 1 is 1.30 bits per heavy atom. The summed E-state index contributed by atoms with van der Waals surface area (Å²) in [6.07, 6.45) is 4.81. The first-order valence-electron chi connectivity index (χ1n) is 7.33. The van der Waals surface area contributed by atoms with Crippen molar-refractivity contribution in [1.82, 2.24) is 5.32 Å². The summed E-state index contributed by atoms with van der Waals surface area (Å²) in [6, 6.07) is 6.99. The monoisotopic (exact) mass is 277 g/mol. The average molecular weight is 277 g/mol. The molecule has 0 aliphatic heterocycles. The van der Waals surface area contributed by atoms with Crippen LogP contribution in [0.1, 0.15) is 46.5 Å². The van der Waals surface area contributed by atoms with Crippen molar-refractivity contribution in [3.8, 4) is 0 Å². The molecule has 0 fully saturated rings. The molecule has 0 aliphatic carbocycles. The molecular weight excluding hydrogens is 250 g/mol. The highest BCUT2D eigenvalue weighted by Crippen LogP contribution is 2.22. The molecule has 0 saturated heterocycles. The van der Waals surface area contributed by atoms with Crippen molar-refractivity contribution in [3.63, 3.8) is 0 Å². The summed E-state index contributed by atoms with van der Waals surface area (Å²) in [5.41, 5.74) is 7.16. The minimum Gasteiger partial charge on any atom is -0.399 e. The molecule has 0 bridgehead atoms. The van der Waals surface area contributed by atoms with Crippen LogP contribution >= 0.6 is 0 Å². The number of nitrogens with one attached hydrogen (secondary N) is 2. The van der Waals surface area contributed by atoms with Crippen LogP contribution in [0.5, 0.6) is 0 Å². The van der Waals surface area contributed by atoms with Gasteiger partial charge in [0, 0.05) is 17.9 Å². The van der Waals surface area contributed by atoms with Gasteiger partial charge in [-0.05, 0) is 30.0 Å². The Morgan fingerprint density at radius 2 is 2.05 bits per heavy atom. The smallest absolute Gasteiger partial charge is 0.319 e. The number of amides is 2. The third-order valence-corrected chi connectivity index (χ3v) is 3.33. The zero-order valence-corrected chi connectivity index (χ0v) is 12.8. The first kappa shape index (κ1) is 16.3. The van der Waals surface area contributed by atoms with Crippen LogP contribution in [0.4, 0.5) is 16.2 Å². The molecule has 0 atom stereocenters. The van der Waals surface area contributed by atoms with Crippen molar-refractivity contribution in [1.29, 1.82) is 0 Å². The molecule has 112 valence electrons. The molecule has 1 aromatic rings. The second kappa shape index (κ2) is 7.78. The van der Waals surface area contributed by atoms with Crippen molar-refractivity contribution in [3.05, 3.63) is 24.3 Å². The van der Waals surface area contributed by atoms with Gasteiger partial charge in [0.25, 0.3) is 0 Å². The lowest BCUT2D eigenvalue weighted by Crippen LogP contribution is -2.36. The summed E-state index contributed by atoms with van der Waals surface area (Å²) in [4.78, 5) is 11.8. The number of carbonyl (C=O) groups excluding carboxylic acids is 1. The molecule has 1 aromatic carbocycles. The number of rotatable bonds is 7. The summed E-state index contributed by atoms with van der Waals surface area (Å²) in [7, 11) is 0. The van der Waals surface area contributed by atoms with E-state index in [0.717, 1.165) is 6.42 Å². The Balaban J connectivity index is 2.35. The minimum atomic E-state index is -0.181. The van der Waals surface area contributed by atoms with Crippen LogP contribution in [-0.4, -0.2) is 12.6 Å². The lowest BCUT2D eigenvalue weighted by atomic mass is 9.87. The highest BCUT2D eigenvalue weighted by atomic mass is 16.2. The number of anilines is 2. The molecule has 0 radical (unpaired) electrons. The Morgan fingerprint density at radius 3 is 2.70 bits per heavy atom. The predicted molar refractivity (Wildman–Crippen MR) is 85.8 cm³/mol. The zero-order chi connectivity index (χ0) is 15.0. The van der Waals surface area contributed by atoms with Gasteiger partial charge in [-0.2, -0.15) is 0 Å². The molecule has 4 N–H and O–H groups in total. The van der Waals surface area contributed by atoms with Crippen molar-refractivity contribution >= 4 is 17.4 Å². The molecule has 0 aliphatic rings. The zero-order valence-electron chi connectivity index (χ0n) is 12.8. The van der Waals surface area contributed by atoms with Crippen LogP contribution in [0.25, 0.3) is 0 Å². The number of benzene rings is 1. The molecule has 0 saturated carbocycles. The maximum atomic E-state index is 11.8. The van der Waals surface area contributed by atoms with Gasteiger partial charge in [-0.3, -0.25) is 0 Å². The Hall–Kier alpha value is -1.71. The normalized spacial score (nSPS) is 11.2. The average Bonchev–Trinajstić information content (AvgIpc) is 2.37. The predicted octanol–water partition coefficient (Wildman–Crippen LogP) is 4.00. The summed E-state index contributed by atoms with van der Waals surface area (Å²) >= 11 is 0. The first-order valence-corrected chi connectivity index (χ1v) is 7.33. The van der Waals surface area contributed by atoms with Gasteiger partial charge in [0.05, 0.1) is 0 Å². The number of urea groups is 1. The van der Waals surface area contributed by atoms with Gasteiger partial charge in [0.15, 0.2) is 0 Å². The molecular formula is C16H27N3O. The first-order chi connectivity index (χ1) is 9.43. The number of carbonyl (C=O) groups is 1. The van der Waals surface area contributed by atoms with Crippen LogP contribution in [-0.2, 0) is 0 Å². The van der Waals surface area contributed by atoms with E-state index in [1.807, 2.05) is 12.1 Å². The fourth-order valence-electron chi connectivity index (χ4n) is 2.05. The highest BCUT2D eigenvalue weighted by molar-refractivity contribution is 5.89. The highest BCUT2D eigenvalue weighted by Gasteiger charge is 2.18. The molecule has 0 aromatic heterocycles. The summed E-state index contributed by atoms with van der Waals surface area (Å²) in [5, 5.41) is 5.72. The van der Waals surface area contributed by atoms with Crippen molar-refractivity contribution in [2.45, 2.75) is 46.5 Å². The van der Waals surface area contributed by atoms with Crippen LogP contribution < -0.4 is 16.4 Å². The Bertz CT molecular complexity index is 429. The lowest BCUT2D eigenvalue weighted by Gasteiger charge is -2.25. The molecule has 2 amide bonds. The Labute approximate surface area is 122 Å². The standard InChI is InChI=1S/C16H27N3O/c1-4-5-6-10-16(2,3)12-18-15(20)19-14-9-7-8-13(17)11-14/h7-9,11H,4-6,10,12,17H2,1-3H3,(H2,18,19,20). The van der Waals surface area contributed by atoms with Crippen molar-refractivity contribution in [2.24, 2.45) is 5.41 Å². The molecule has 0 unspecified atom stereocenters. The fraction of sp³-hybridized carbons (Fsp3) is 0.562. The van der Waals surface area contributed by atoms with Gasteiger partial charge >= 0.3 is 6.03 Å². The van der Waals surface area contributed by atoms with Crippen LogP contribution in [0.15, 0.2) is 24.3 Å². The van der Waals surface area contributed by atoms with Gasteiger partial charge in [-0.25, -0.2) is 4.79 Å². The number of hydrogen-bond donors (Lipinski definition) is 3. The number of nitrogens with two attached hydrogens (primary N) is 1. The van der Waals surface area contributed by atoms with Crippen molar-refractivity contribution < 1.29 is 4.79 Å². The fourth-order valence-corrected chi connectivity index (χ4v) is 2.05.